The molecule has 5 rings (SSSR count). The molecular formula is C28H26N4O6S. The molecule has 1 atom stereocenters. The normalized spacial score (nSPS) is 15.8. The topological polar surface area (TPSA) is 122 Å². The molecule has 1 amide bonds. The highest BCUT2D eigenvalue weighted by molar-refractivity contribution is 7.89. The van der Waals surface area contributed by atoms with Gasteiger partial charge in [0.25, 0.3) is 5.91 Å². The summed E-state index contributed by atoms with van der Waals surface area (Å²) in [6, 6.07) is 18.1. The number of hydrogen-bond donors (Lipinski definition) is 1. The molecule has 4 aromatic rings. The first-order valence-corrected chi connectivity index (χ1v) is 13.5. The summed E-state index contributed by atoms with van der Waals surface area (Å²) in [5.74, 6) is -1.37. The Bertz CT molecular complexity index is 1640. The van der Waals surface area contributed by atoms with Crippen LogP contribution in [0.2, 0.25) is 0 Å². The van der Waals surface area contributed by atoms with Gasteiger partial charge in [0.2, 0.25) is 10.0 Å². The quantitative estimate of drug-likeness (QED) is 0.393. The number of aliphatic carboxylic acids is 1. The molecule has 10 nitrogen and oxygen atoms in total. The van der Waals surface area contributed by atoms with E-state index < -0.39 is 34.5 Å². The number of methoxy groups -OCH3 is 1. The molecule has 0 bridgehead atoms. The highest BCUT2D eigenvalue weighted by atomic mass is 32.2. The number of rotatable bonds is 6. The van der Waals surface area contributed by atoms with Crippen LogP contribution >= 0.6 is 0 Å². The number of fused-ring (bicyclic) bond motifs is 1. The van der Waals surface area contributed by atoms with E-state index in [9.17, 15) is 23.1 Å². The predicted molar refractivity (Wildman–Crippen MR) is 144 cm³/mol. The van der Waals surface area contributed by atoms with Gasteiger partial charge in [0.1, 0.15) is 11.8 Å². The fourth-order valence-electron chi connectivity index (χ4n) is 4.68. The molecular weight excluding hydrogens is 520 g/mol. The average molecular weight is 547 g/mol. The second-order valence-corrected chi connectivity index (χ2v) is 11.0. The number of nitrogens with zero attached hydrogens (tertiary/aromatic N) is 4. The van der Waals surface area contributed by atoms with Crippen molar-refractivity contribution in [2.75, 3.05) is 18.6 Å². The van der Waals surface area contributed by atoms with Gasteiger partial charge in [-0.1, -0.05) is 29.8 Å². The zero-order valence-corrected chi connectivity index (χ0v) is 22.1. The Morgan fingerprint density at radius 2 is 1.74 bits per heavy atom. The lowest BCUT2D eigenvalue weighted by Gasteiger charge is -2.28. The van der Waals surface area contributed by atoms with Crippen molar-refractivity contribution in [1.29, 1.82) is 0 Å². The van der Waals surface area contributed by atoms with E-state index >= 15 is 0 Å². The lowest BCUT2D eigenvalue weighted by Crippen LogP contribution is -2.50. The molecule has 39 heavy (non-hydrogen) atoms. The monoisotopic (exact) mass is 546 g/mol. The van der Waals surface area contributed by atoms with Crippen molar-refractivity contribution < 1.29 is 27.9 Å². The van der Waals surface area contributed by atoms with Gasteiger partial charge in [-0.15, -0.1) is 0 Å². The second-order valence-electron chi connectivity index (χ2n) is 9.10. The number of aromatic nitrogens is 2. The van der Waals surface area contributed by atoms with Crippen LogP contribution in [-0.2, 0) is 21.4 Å². The van der Waals surface area contributed by atoms with Gasteiger partial charge in [-0.2, -0.15) is 9.40 Å². The molecule has 0 saturated carbocycles. The Kier molecular flexibility index (Phi) is 6.94. The first kappa shape index (κ1) is 26.1. The summed E-state index contributed by atoms with van der Waals surface area (Å²) in [4.78, 5) is 28.0. The third kappa shape index (κ3) is 4.89. The van der Waals surface area contributed by atoms with Crippen LogP contribution in [0.3, 0.4) is 0 Å². The number of amides is 1. The minimum Gasteiger partial charge on any atom is -0.497 e. The van der Waals surface area contributed by atoms with Crippen LogP contribution in [0.25, 0.3) is 5.69 Å². The van der Waals surface area contributed by atoms with E-state index in [1.54, 1.807) is 59.5 Å². The molecule has 0 aliphatic carbocycles. The van der Waals surface area contributed by atoms with Crippen LogP contribution in [0.4, 0.5) is 5.69 Å². The summed E-state index contributed by atoms with van der Waals surface area (Å²) in [7, 11) is -2.81. The molecule has 200 valence electrons. The molecule has 11 heteroatoms. The van der Waals surface area contributed by atoms with Crippen LogP contribution in [0.15, 0.2) is 90.1 Å². The average Bonchev–Trinajstić information content (AvgIpc) is 3.41. The Labute approximate surface area is 225 Å². The van der Waals surface area contributed by atoms with E-state index in [0.717, 1.165) is 9.87 Å². The summed E-state index contributed by atoms with van der Waals surface area (Å²) in [6.45, 7) is 1.22. The molecule has 0 saturated heterocycles. The van der Waals surface area contributed by atoms with Gasteiger partial charge in [-0.3, -0.25) is 9.59 Å². The van der Waals surface area contributed by atoms with Crippen molar-refractivity contribution in [2.24, 2.45) is 0 Å². The highest BCUT2D eigenvalue weighted by Gasteiger charge is 2.42. The van der Waals surface area contributed by atoms with Crippen LogP contribution in [0.1, 0.15) is 21.5 Å². The summed E-state index contributed by atoms with van der Waals surface area (Å²) in [6.07, 6.45) is 3.29. The molecule has 1 aliphatic rings. The number of sulfonamides is 1. The van der Waals surface area contributed by atoms with E-state index in [4.69, 9.17) is 4.74 Å². The zero-order valence-electron chi connectivity index (χ0n) is 21.3. The van der Waals surface area contributed by atoms with Gasteiger partial charge in [0, 0.05) is 24.6 Å². The van der Waals surface area contributed by atoms with E-state index in [-0.39, 0.29) is 11.4 Å². The van der Waals surface area contributed by atoms with E-state index in [0.29, 0.717) is 28.3 Å². The first-order valence-electron chi connectivity index (χ1n) is 12.1. The second kappa shape index (κ2) is 10.4. The number of carbonyl (C=O) groups excluding carboxylic acids is 1. The lowest BCUT2D eigenvalue weighted by molar-refractivity contribution is -0.141. The summed E-state index contributed by atoms with van der Waals surface area (Å²) < 4.78 is 35.3. The number of ether oxygens (including phenoxy) is 1. The smallest absolute Gasteiger partial charge is 0.323 e. The van der Waals surface area contributed by atoms with Crippen LogP contribution < -0.4 is 9.64 Å². The number of benzene rings is 3. The maximum absolute atomic E-state index is 14.1. The van der Waals surface area contributed by atoms with Gasteiger partial charge in [-0.05, 0) is 61.0 Å². The first-order chi connectivity index (χ1) is 18.7. The Balaban J connectivity index is 1.63. The van der Waals surface area contributed by atoms with Gasteiger partial charge in [0.05, 0.1) is 29.8 Å². The Hall–Kier alpha value is -4.48. The molecule has 1 aliphatic heterocycles. The number of hydrogen-bond acceptors (Lipinski definition) is 6. The number of para-hydroxylation sites is 1. The number of carbonyl (C=O) groups is 2. The van der Waals surface area contributed by atoms with Crippen LogP contribution in [0.5, 0.6) is 5.75 Å². The maximum Gasteiger partial charge on any atom is 0.323 e. The predicted octanol–water partition coefficient (Wildman–Crippen LogP) is 3.49. The van der Waals surface area contributed by atoms with Crippen molar-refractivity contribution in [3.8, 4) is 11.4 Å². The highest BCUT2D eigenvalue weighted by Crippen LogP contribution is 2.34. The van der Waals surface area contributed by atoms with Gasteiger partial charge < -0.3 is 14.7 Å². The minimum absolute atomic E-state index is 0.0763. The fraction of sp³-hybridized carbons (Fsp3) is 0.179. The summed E-state index contributed by atoms with van der Waals surface area (Å²) in [5, 5.41) is 14.5. The molecule has 3 aromatic carbocycles. The van der Waals surface area contributed by atoms with Crippen molar-refractivity contribution >= 4 is 27.6 Å². The zero-order chi connectivity index (χ0) is 27.7. The SMILES string of the molecule is COc1ccc(S(=O)(=O)N2Cc3cc(C)ccc3N(C(=O)c3ccccc3-n3cccn3)CC2C(=O)O)cc1. The number of carboxylic acid groups (broad SMARTS) is 1. The third-order valence-electron chi connectivity index (χ3n) is 6.64. The Morgan fingerprint density at radius 3 is 2.41 bits per heavy atom. The third-order valence-corrected chi connectivity index (χ3v) is 8.51. The minimum atomic E-state index is -4.27. The maximum atomic E-state index is 14.1. The van der Waals surface area contributed by atoms with Crippen LogP contribution in [0, 0.1) is 6.92 Å². The van der Waals surface area contributed by atoms with Crippen molar-refractivity contribution in [2.45, 2.75) is 24.4 Å². The van der Waals surface area contributed by atoms with Crippen molar-refractivity contribution in [1.82, 2.24) is 14.1 Å². The molecule has 1 aromatic heterocycles. The van der Waals surface area contributed by atoms with E-state index in [1.165, 1.54) is 36.3 Å². The fourth-order valence-corrected chi connectivity index (χ4v) is 6.24. The largest absolute Gasteiger partial charge is 0.497 e. The number of aryl methyl sites for hydroxylation is 1. The molecule has 0 fully saturated rings. The lowest BCUT2D eigenvalue weighted by atomic mass is 10.1. The Morgan fingerprint density at radius 1 is 1.00 bits per heavy atom. The van der Waals surface area contributed by atoms with Gasteiger partial charge >= 0.3 is 5.97 Å². The summed E-state index contributed by atoms with van der Waals surface area (Å²) in [5.41, 5.74) is 2.61. The molecule has 2 heterocycles. The van der Waals surface area contributed by atoms with Crippen molar-refractivity contribution in [3.63, 3.8) is 0 Å². The summed E-state index contributed by atoms with van der Waals surface area (Å²) >= 11 is 0. The van der Waals surface area contributed by atoms with Crippen LogP contribution in [-0.4, -0.2) is 59.2 Å². The van der Waals surface area contributed by atoms with E-state index in [2.05, 4.69) is 5.10 Å². The van der Waals surface area contributed by atoms with Gasteiger partial charge in [-0.25, -0.2) is 13.1 Å². The molecule has 0 spiro atoms. The standard InChI is InChI=1S/C28H26N4O6S/c1-19-8-13-24-20(16-19)17-32(39(36,37)22-11-9-21(38-2)10-12-22)26(28(34)35)18-30(24)27(33)23-6-3-4-7-25(23)31-15-5-14-29-31/h3-16,26H,17-18H2,1-2H3,(H,34,35). The van der Waals surface area contributed by atoms with E-state index in [1.807, 2.05) is 13.0 Å². The molecule has 1 N–H and O–H groups in total. The number of carboxylic acids is 1. The number of anilines is 1. The van der Waals surface area contributed by atoms with Gasteiger partial charge in [0.15, 0.2) is 0 Å². The molecule has 1 unspecified atom stereocenters. The van der Waals surface area contributed by atoms with Crippen molar-refractivity contribution in [3.05, 3.63) is 102 Å². The molecule has 0 radical (unpaired) electrons.